The Labute approximate surface area is 132 Å². The number of carbonyl (C=O) groups excluding carboxylic acids is 2. The van der Waals surface area contributed by atoms with Gasteiger partial charge in [0.15, 0.2) is 5.65 Å². The molecule has 7 heteroatoms. The standard InChI is InChI=1S/C16H15N5O2/c1-10-19-20-15-9-12(7-8-21(10)15)16(23)18-14-5-3-13(4-6-14)17-11(2)22/h3-9H,1-2H3,(H,17,22)(H,18,23). The molecule has 0 aliphatic rings. The smallest absolute Gasteiger partial charge is 0.255 e. The van der Waals surface area contributed by atoms with E-state index in [0.29, 0.717) is 22.6 Å². The van der Waals surface area contributed by atoms with E-state index in [2.05, 4.69) is 20.8 Å². The molecule has 0 fully saturated rings. The molecule has 2 N–H and O–H groups in total. The molecule has 0 bridgehead atoms. The van der Waals surface area contributed by atoms with Crippen LogP contribution in [0.1, 0.15) is 23.1 Å². The van der Waals surface area contributed by atoms with E-state index in [1.807, 2.05) is 6.92 Å². The lowest BCUT2D eigenvalue weighted by molar-refractivity contribution is -0.114. The van der Waals surface area contributed by atoms with Crippen molar-refractivity contribution in [2.24, 2.45) is 0 Å². The summed E-state index contributed by atoms with van der Waals surface area (Å²) in [7, 11) is 0. The van der Waals surface area contributed by atoms with Crippen LogP contribution in [0.2, 0.25) is 0 Å². The number of nitrogens with one attached hydrogen (secondary N) is 2. The third-order valence-corrected chi connectivity index (χ3v) is 3.31. The Hall–Kier alpha value is -3.22. The number of pyridine rings is 1. The average Bonchev–Trinajstić information content (AvgIpc) is 2.89. The van der Waals surface area contributed by atoms with Crippen LogP contribution in [0.5, 0.6) is 0 Å². The van der Waals surface area contributed by atoms with Crippen LogP contribution < -0.4 is 10.6 Å². The molecule has 3 rings (SSSR count). The number of nitrogens with zero attached hydrogens (tertiary/aromatic N) is 3. The van der Waals surface area contributed by atoms with Gasteiger partial charge in [-0.15, -0.1) is 10.2 Å². The lowest BCUT2D eigenvalue weighted by Gasteiger charge is -2.07. The van der Waals surface area contributed by atoms with E-state index in [1.165, 1.54) is 6.92 Å². The third-order valence-electron chi connectivity index (χ3n) is 3.31. The number of aryl methyl sites for hydroxylation is 1. The van der Waals surface area contributed by atoms with Crippen molar-refractivity contribution >= 4 is 28.8 Å². The van der Waals surface area contributed by atoms with Gasteiger partial charge in [-0.1, -0.05) is 0 Å². The molecule has 1 aromatic carbocycles. The van der Waals surface area contributed by atoms with E-state index in [-0.39, 0.29) is 11.8 Å². The number of hydrogen-bond acceptors (Lipinski definition) is 4. The first-order chi connectivity index (χ1) is 11.0. The zero-order chi connectivity index (χ0) is 16.4. The minimum absolute atomic E-state index is 0.140. The van der Waals surface area contributed by atoms with Crippen LogP contribution in [-0.4, -0.2) is 26.4 Å². The SMILES string of the molecule is CC(=O)Nc1ccc(NC(=O)c2ccn3c(C)nnc3c2)cc1. The van der Waals surface area contributed by atoms with E-state index in [0.717, 1.165) is 5.82 Å². The van der Waals surface area contributed by atoms with Crippen LogP contribution in [-0.2, 0) is 4.79 Å². The van der Waals surface area contributed by atoms with Gasteiger partial charge in [0.25, 0.3) is 5.91 Å². The Morgan fingerprint density at radius 1 is 1.00 bits per heavy atom. The number of anilines is 2. The molecule has 2 amide bonds. The molecule has 0 atom stereocenters. The van der Waals surface area contributed by atoms with E-state index in [9.17, 15) is 9.59 Å². The predicted octanol–water partition coefficient (Wildman–Crippen LogP) is 2.25. The van der Waals surface area contributed by atoms with Crippen LogP contribution >= 0.6 is 0 Å². The maximum absolute atomic E-state index is 12.3. The van der Waals surface area contributed by atoms with Crippen LogP contribution in [0, 0.1) is 6.92 Å². The zero-order valence-corrected chi connectivity index (χ0v) is 12.7. The average molecular weight is 309 g/mol. The van der Waals surface area contributed by atoms with Gasteiger partial charge in [-0.05, 0) is 43.3 Å². The highest BCUT2D eigenvalue weighted by Crippen LogP contribution is 2.15. The third kappa shape index (κ3) is 3.18. The Morgan fingerprint density at radius 2 is 1.65 bits per heavy atom. The first kappa shape index (κ1) is 14.7. The molecule has 3 aromatic rings. The quantitative estimate of drug-likeness (QED) is 0.776. The van der Waals surface area contributed by atoms with E-state index >= 15 is 0 Å². The normalized spacial score (nSPS) is 10.5. The summed E-state index contributed by atoms with van der Waals surface area (Å²) in [4.78, 5) is 23.3. The Balaban J connectivity index is 1.75. The highest BCUT2D eigenvalue weighted by molar-refractivity contribution is 6.04. The number of benzene rings is 1. The number of amides is 2. The summed E-state index contributed by atoms with van der Waals surface area (Å²) in [6.07, 6.45) is 1.76. The largest absolute Gasteiger partial charge is 0.326 e. The van der Waals surface area contributed by atoms with Gasteiger partial charge in [-0.25, -0.2) is 0 Å². The second kappa shape index (κ2) is 5.88. The van der Waals surface area contributed by atoms with Crippen LogP contribution in [0.15, 0.2) is 42.6 Å². The highest BCUT2D eigenvalue weighted by Gasteiger charge is 2.09. The van der Waals surface area contributed by atoms with E-state index in [4.69, 9.17) is 0 Å². The van der Waals surface area contributed by atoms with Crippen molar-refractivity contribution in [3.63, 3.8) is 0 Å². The van der Waals surface area contributed by atoms with Crippen LogP contribution in [0.25, 0.3) is 5.65 Å². The molecule has 0 radical (unpaired) electrons. The molecule has 0 aliphatic carbocycles. The fourth-order valence-corrected chi connectivity index (χ4v) is 2.20. The molecule has 23 heavy (non-hydrogen) atoms. The predicted molar refractivity (Wildman–Crippen MR) is 86.4 cm³/mol. The van der Waals surface area contributed by atoms with Crippen molar-refractivity contribution in [2.75, 3.05) is 10.6 Å². The molecule has 0 saturated heterocycles. The van der Waals surface area contributed by atoms with Crippen molar-refractivity contribution in [1.82, 2.24) is 14.6 Å². The zero-order valence-electron chi connectivity index (χ0n) is 12.7. The topological polar surface area (TPSA) is 88.4 Å². The summed E-state index contributed by atoms with van der Waals surface area (Å²) in [6, 6.07) is 10.3. The number of aromatic nitrogens is 3. The molecule has 0 aliphatic heterocycles. The molecule has 0 saturated carbocycles. The van der Waals surface area contributed by atoms with Gasteiger partial charge < -0.3 is 10.6 Å². The van der Waals surface area contributed by atoms with Gasteiger partial charge in [0.05, 0.1) is 0 Å². The van der Waals surface area contributed by atoms with Crippen LogP contribution in [0.3, 0.4) is 0 Å². The van der Waals surface area contributed by atoms with Gasteiger partial charge in [0, 0.05) is 30.1 Å². The number of carbonyl (C=O) groups is 2. The second-order valence-corrected chi connectivity index (χ2v) is 5.10. The van der Waals surface area contributed by atoms with Crippen LogP contribution in [0.4, 0.5) is 11.4 Å². The van der Waals surface area contributed by atoms with Crippen molar-refractivity contribution in [1.29, 1.82) is 0 Å². The molecule has 7 nitrogen and oxygen atoms in total. The fraction of sp³-hybridized carbons (Fsp3) is 0.125. The van der Waals surface area contributed by atoms with E-state index < -0.39 is 0 Å². The van der Waals surface area contributed by atoms with Gasteiger partial charge >= 0.3 is 0 Å². The van der Waals surface area contributed by atoms with E-state index in [1.54, 1.807) is 47.0 Å². The maximum Gasteiger partial charge on any atom is 0.255 e. The minimum Gasteiger partial charge on any atom is -0.326 e. The van der Waals surface area contributed by atoms with Gasteiger partial charge in [-0.2, -0.15) is 0 Å². The summed E-state index contributed by atoms with van der Waals surface area (Å²) in [6.45, 7) is 3.29. The molecule has 0 spiro atoms. The first-order valence-electron chi connectivity index (χ1n) is 7.03. The number of fused-ring (bicyclic) bond motifs is 1. The Bertz CT molecular complexity index is 883. The highest BCUT2D eigenvalue weighted by atomic mass is 16.2. The van der Waals surface area contributed by atoms with Crippen molar-refractivity contribution in [3.05, 3.63) is 54.0 Å². The second-order valence-electron chi connectivity index (χ2n) is 5.10. The lowest BCUT2D eigenvalue weighted by atomic mass is 10.2. The molecule has 2 aromatic heterocycles. The van der Waals surface area contributed by atoms with Crippen molar-refractivity contribution < 1.29 is 9.59 Å². The minimum atomic E-state index is -0.236. The molecule has 2 heterocycles. The van der Waals surface area contributed by atoms with Crippen molar-refractivity contribution in [3.8, 4) is 0 Å². The first-order valence-corrected chi connectivity index (χ1v) is 7.03. The van der Waals surface area contributed by atoms with Gasteiger partial charge in [0.2, 0.25) is 5.91 Å². The molecule has 0 unspecified atom stereocenters. The Morgan fingerprint density at radius 3 is 2.30 bits per heavy atom. The summed E-state index contributed by atoms with van der Waals surface area (Å²) >= 11 is 0. The summed E-state index contributed by atoms with van der Waals surface area (Å²) in [5.74, 6) is 0.389. The summed E-state index contributed by atoms with van der Waals surface area (Å²) in [5, 5.41) is 13.4. The van der Waals surface area contributed by atoms with Crippen molar-refractivity contribution in [2.45, 2.75) is 13.8 Å². The lowest BCUT2D eigenvalue weighted by Crippen LogP contribution is -2.12. The molecular formula is C16H15N5O2. The fourth-order valence-electron chi connectivity index (χ4n) is 2.20. The number of hydrogen-bond donors (Lipinski definition) is 2. The molecule has 116 valence electrons. The summed E-state index contributed by atoms with van der Waals surface area (Å²) < 4.78 is 1.80. The molecular weight excluding hydrogens is 294 g/mol. The monoisotopic (exact) mass is 309 g/mol. The maximum atomic E-state index is 12.3. The van der Waals surface area contributed by atoms with Gasteiger partial charge in [0.1, 0.15) is 5.82 Å². The summed E-state index contributed by atoms with van der Waals surface area (Å²) in [5.41, 5.74) is 2.43. The number of rotatable bonds is 3. The Kier molecular flexibility index (Phi) is 3.76. The van der Waals surface area contributed by atoms with Gasteiger partial charge in [-0.3, -0.25) is 14.0 Å².